The topological polar surface area (TPSA) is 47.2 Å². The first-order valence-corrected chi connectivity index (χ1v) is 11.2. The molecular formula is C24H27N5O2S. The van der Waals surface area contributed by atoms with Gasteiger partial charge in [0.15, 0.2) is 5.65 Å². The average molecular weight is 450 g/mol. The van der Waals surface area contributed by atoms with E-state index in [9.17, 15) is 0 Å². The predicted molar refractivity (Wildman–Crippen MR) is 130 cm³/mol. The van der Waals surface area contributed by atoms with Gasteiger partial charge in [0.2, 0.25) is 4.77 Å². The lowest BCUT2D eigenvalue weighted by atomic mass is 10.1. The van der Waals surface area contributed by atoms with Gasteiger partial charge in [-0.15, -0.1) is 0 Å². The highest BCUT2D eigenvalue weighted by molar-refractivity contribution is 7.71. The maximum atomic E-state index is 5.84. The van der Waals surface area contributed by atoms with Crippen molar-refractivity contribution in [1.82, 2.24) is 19.1 Å². The summed E-state index contributed by atoms with van der Waals surface area (Å²) in [4.78, 5) is 4.81. The van der Waals surface area contributed by atoms with Crippen molar-refractivity contribution >= 4 is 34.5 Å². The van der Waals surface area contributed by atoms with Crippen molar-refractivity contribution in [3.05, 3.63) is 58.9 Å². The summed E-state index contributed by atoms with van der Waals surface area (Å²) in [6, 6.07) is 16.5. The highest BCUT2D eigenvalue weighted by Gasteiger charge is 2.19. The molecule has 0 amide bonds. The summed E-state index contributed by atoms with van der Waals surface area (Å²) < 4.78 is 15.4. The number of hydrogen-bond donors (Lipinski definition) is 0. The molecule has 1 aliphatic heterocycles. The van der Waals surface area contributed by atoms with Gasteiger partial charge in [-0.1, -0.05) is 0 Å². The van der Waals surface area contributed by atoms with Crippen LogP contribution < -0.4 is 14.4 Å². The van der Waals surface area contributed by atoms with Gasteiger partial charge in [0.05, 0.1) is 26.4 Å². The summed E-state index contributed by atoms with van der Waals surface area (Å²) in [5.41, 5.74) is 4.30. The number of anilines is 1. The lowest BCUT2D eigenvalue weighted by Crippen LogP contribution is -2.46. The van der Waals surface area contributed by atoms with Gasteiger partial charge in [-0.2, -0.15) is 5.10 Å². The molecule has 7 nitrogen and oxygen atoms in total. The van der Waals surface area contributed by atoms with Crippen LogP contribution in [0.4, 0.5) is 5.69 Å². The summed E-state index contributed by atoms with van der Waals surface area (Å²) in [6.45, 7) is 6.62. The minimum absolute atomic E-state index is 0.682. The Labute approximate surface area is 192 Å². The largest absolute Gasteiger partial charge is 0.497 e. The monoisotopic (exact) mass is 449 g/mol. The maximum Gasteiger partial charge on any atom is 0.204 e. The van der Waals surface area contributed by atoms with Crippen molar-refractivity contribution in [3.8, 4) is 11.5 Å². The Morgan fingerprint density at radius 2 is 1.59 bits per heavy atom. The number of nitrogens with zero attached hydrogens (tertiary/aromatic N) is 5. The first-order valence-electron chi connectivity index (χ1n) is 10.8. The number of hydrogen-bond acceptors (Lipinski definition) is 6. The molecule has 0 atom stereocenters. The predicted octanol–water partition coefficient (Wildman–Crippen LogP) is 4.12. The third-order valence-corrected chi connectivity index (χ3v) is 6.62. The number of piperazine rings is 1. The van der Waals surface area contributed by atoms with Crippen molar-refractivity contribution in [3.63, 3.8) is 0 Å². The van der Waals surface area contributed by atoms with Crippen molar-refractivity contribution in [2.24, 2.45) is 0 Å². The van der Waals surface area contributed by atoms with Gasteiger partial charge >= 0.3 is 0 Å². The molecule has 0 bridgehead atoms. The second-order valence-corrected chi connectivity index (χ2v) is 8.50. The summed E-state index contributed by atoms with van der Waals surface area (Å²) in [5.74, 6) is 1.70. The Hall–Kier alpha value is -3.10. The van der Waals surface area contributed by atoms with E-state index in [1.54, 1.807) is 14.2 Å². The number of methoxy groups -OCH3 is 2. The Morgan fingerprint density at radius 3 is 2.28 bits per heavy atom. The molecule has 0 radical (unpaired) electrons. The SMILES string of the molecule is COc1ccc(N2CCN(Cn3nc4cc(C)c5ccc(OC)cc5n4c3=S)CC2)cc1. The quantitative estimate of drug-likeness (QED) is 0.427. The smallest absolute Gasteiger partial charge is 0.204 e. The zero-order valence-electron chi connectivity index (χ0n) is 18.6. The first-order chi connectivity index (χ1) is 15.6. The van der Waals surface area contributed by atoms with Crippen molar-refractivity contribution in [1.29, 1.82) is 0 Å². The summed E-state index contributed by atoms with van der Waals surface area (Å²) in [6.07, 6.45) is 0. The summed E-state index contributed by atoms with van der Waals surface area (Å²) >= 11 is 5.84. The molecule has 32 heavy (non-hydrogen) atoms. The van der Waals surface area contributed by atoms with Crippen LogP contribution in [0.3, 0.4) is 0 Å². The van der Waals surface area contributed by atoms with Crippen LogP contribution in [0.15, 0.2) is 48.5 Å². The van der Waals surface area contributed by atoms with E-state index in [-0.39, 0.29) is 0 Å². The fraction of sp³-hybridized carbons (Fsp3) is 0.333. The lowest BCUT2D eigenvalue weighted by molar-refractivity contribution is 0.195. The van der Waals surface area contributed by atoms with E-state index < -0.39 is 0 Å². The Morgan fingerprint density at radius 1 is 0.906 bits per heavy atom. The molecule has 0 saturated carbocycles. The van der Waals surface area contributed by atoms with Crippen LogP contribution in [-0.4, -0.2) is 59.5 Å². The molecule has 0 unspecified atom stereocenters. The van der Waals surface area contributed by atoms with Crippen LogP contribution in [0, 0.1) is 11.7 Å². The van der Waals surface area contributed by atoms with Crippen LogP contribution >= 0.6 is 12.2 Å². The van der Waals surface area contributed by atoms with Crippen molar-refractivity contribution < 1.29 is 9.47 Å². The van der Waals surface area contributed by atoms with Gasteiger partial charge in [-0.3, -0.25) is 9.30 Å². The van der Waals surface area contributed by atoms with Crippen LogP contribution in [-0.2, 0) is 6.67 Å². The maximum absolute atomic E-state index is 5.84. The molecule has 0 aliphatic carbocycles. The molecule has 1 fully saturated rings. The zero-order chi connectivity index (χ0) is 22.2. The highest BCUT2D eigenvalue weighted by Crippen LogP contribution is 2.26. The first kappa shape index (κ1) is 20.8. The molecular weight excluding hydrogens is 422 g/mol. The highest BCUT2D eigenvalue weighted by atomic mass is 32.1. The van der Waals surface area contributed by atoms with Gasteiger partial charge in [-0.25, -0.2) is 4.68 Å². The summed E-state index contributed by atoms with van der Waals surface area (Å²) in [7, 11) is 3.38. The van der Waals surface area contributed by atoms with E-state index in [0.29, 0.717) is 11.4 Å². The molecule has 5 rings (SSSR count). The van der Waals surface area contributed by atoms with Gasteiger partial charge in [0, 0.05) is 43.3 Å². The lowest BCUT2D eigenvalue weighted by Gasteiger charge is -2.35. The number of aromatic nitrogens is 3. The number of fused-ring (bicyclic) bond motifs is 3. The molecule has 3 heterocycles. The van der Waals surface area contributed by atoms with Gasteiger partial charge in [-0.05, 0) is 67.2 Å². The van der Waals surface area contributed by atoms with E-state index in [2.05, 4.69) is 41.0 Å². The standard InChI is InChI=1S/C24H27N5O2S/c1-17-14-23-25-28(24(32)29(23)22-15-20(31-3)8-9-21(17)22)16-26-10-12-27(13-11-26)18-4-6-19(30-2)7-5-18/h4-9,14-15H,10-13,16H2,1-3H3. The molecule has 0 N–H and O–H groups in total. The van der Waals surface area contributed by atoms with E-state index in [0.717, 1.165) is 54.2 Å². The number of ether oxygens (including phenoxy) is 2. The second-order valence-electron chi connectivity index (χ2n) is 8.13. The van der Waals surface area contributed by atoms with Crippen LogP contribution in [0.1, 0.15) is 5.56 Å². The number of rotatable bonds is 5. The number of benzene rings is 2. The Kier molecular flexibility index (Phi) is 5.48. The van der Waals surface area contributed by atoms with E-state index in [1.165, 1.54) is 11.3 Å². The molecule has 4 aromatic rings. The van der Waals surface area contributed by atoms with Crippen LogP contribution in [0.25, 0.3) is 16.6 Å². The Balaban J connectivity index is 1.37. The van der Waals surface area contributed by atoms with Crippen molar-refractivity contribution in [2.45, 2.75) is 13.6 Å². The molecule has 1 saturated heterocycles. The molecule has 2 aromatic heterocycles. The third kappa shape index (κ3) is 3.69. The van der Waals surface area contributed by atoms with E-state index in [4.69, 9.17) is 26.8 Å². The summed E-state index contributed by atoms with van der Waals surface area (Å²) in [5, 5.41) is 5.99. The van der Waals surface area contributed by atoms with Gasteiger partial charge < -0.3 is 14.4 Å². The average Bonchev–Trinajstić information content (AvgIpc) is 3.14. The fourth-order valence-corrected chi connectivity index (χ4v) is 4.69. The molecule has 166 valence electrons. The number of aryl methyl sites for hydroxylation is 1. The van der Waals surface area contributed by atoms with Crippen molar-refractivity contribution in [2.75, 3.05) is 45.3 Å². The molecule has 2 aromatic carbocycles. The zero-order valence-corrected chi connectivity index (χ0v) is 19.4. The normalized spacial score (nSPS) is 14.9. The third-order valence-electron chi connectivity index (χ3n) is 6.22. The van der Waals surface area contributed by atoms with E-state index in [1.807, 2.05) is 33.3 Å². The number of pyridine rings is 1. The van der Waals surface area contributed by atoms with E-state index >= 15 is 0 Å². The minimum Gasteiger partial charge on any atom is -0.497 e. The van der Waals surface area contributed by atoms with Gasteiger partial charge in [0.1, 0.15) is 11.5 Å². The fourth-order valence-electron chi connectivity index (χ4n) is 4.39. The molecule has 0 spiro atoms. The molecule has 8 heteroatoms. The van der Waals surface area contributed by atoms with Crippen LogP contribution in [0.5, 0.6) is 11.5 Å². The molecule has 1 aliphatic rings. The van der Waals surface area contributed by atoms with Crippen LogP contribution in [0.2, 0.25) is 0 Å². The van der Waals surface area contributed by atoms with Gasteiger partial charge in [0.25, 0.3) is 0 Å². The minimum atomic E-state index is 0.682. The second kappa shape index (κ2) is 8.44. The Bertz CT molecular complexity index is 1320.